The second-order valence-electron chi connectivity index (χ2n) is 4.83. The highest BCUT2D eigenvalue weighted by Crippen LogP contribution is 2.36. The molecule has 0 amide bonds. The summed E-state index contributed by atoms with van der Waals surface area (Å²) in [6.45, 7) is 6.60. The lowest BCUT2D eigenvalue weighted by Gasteiger charge is -2.22. The monoisotopic (exact) mass is 287 g/mol. The van der Waals surface area contributed by atoms with Crippen LogP contribution in [0.4, 0.5) is 0 Å². The molecular weight excluding hydrogens is 270 g/mol. The van der Waals surface area contributed by atoms with Gasteiger partial charge in [0.05, 0.1) is 6.61 Å². The number of nitrogens with two attached hydrogens (primary N) is 1. The van der Waals surface area contributed by atoms with Crippen molar-refractivity contribution in [1.29, 1.82) is 0 Å². The number of halogens is 1. The van der Waals surface area contributed by atoms with E-state index < -0.39 is 0 Å². The van der Waals surface area contributed by atoms with Gasteiger partial charge in [-0.25, -0.2) is 5.90 Å². The first kappa shape index (κ1) is 13.5. The third-order valence-electron chi connectivity index (χ3n) is 2.45. The summed E-state index contributed by atoms with van der Waals surface area (Å²) in [6, 6.07) is 3.84. The minimum Gasteiger partial charge on any atom is -0.507 e. The predicted molar refractivity (Wildman–Crippen MR) is 68.4 cm³/mol. The maximum absolute atomic E-state index is 10.2. The van der Waals surface area contributed by atoms with Crippen molar-refractivity contribution in [2.24, 2.45) is 5.90 Å². The molecule has 0 atom stereocenters. The Labute approximate surface area is 105 Å². The molecule has 0 heterocycles. The van der Waals surface area contributed by atoms with Gasteiger partial charge in [-0.2, -0.15) is 0 Å². The van der Waals surface area contributed by atoms with Crippen molar-refractivity contribution < 1.29 is 9.94 Å². The first-order valence-electron chi connectivity index (χ1n) is 5.20. The fraction of sp³-hybridized carbons (Fsp3) is 0.500. The van der Waals surface area contributed by atoms with Crippen LogP contribution in [-0.4, -0.2) is 11.7 Å². The van der Waals surface area contributed by atoms with Crippen molar-refractivity contribution in [3.63, 3.8) is 0 Å². The molecule has 3 N–H and O–H groups in total. The van der Waals surface area contributed by atoms with Gasteiger partial charge >= 0.3 is 0 Å². The van der Waals surface area contributed by atoms with E-state index in [0.29, 0.717) is 18.8 Å². The van der Waals surface area contributed by atoms with Gasteiger partial charge in [0, 0.05) is 16.5 Å². The van der Waals surface area contributed by atoms with Crippen LogP contribution >= 0.6 is 15.9 Å². The molecular formula is C12H18BrNO2. The summed E-state index contributed by atoms with van der Waals surface area (Å²) in [6.07, 6.45) is 0.602. The largest absolute Gasteiger partial charge is 0.507 e. The molecule has 0 spiro atoms. The Morgan fingerprint density at radius 1 is 1.38 bits per heavy atom. The van der Waals surface area contributed by atoms with Crippen LogP contribution in [-0.2, 0) is 16.7 Å². The average molecular weight is 288 g/mol. The van der Waals surface area contributed by atoms with Gasteiger partial charge in [-0.15, -0.1) is 0 Å². The normalized spacial score (nSPS) is 11.8. The lowest BCUT2D eigenvalue weighted by atomic mass is 9.85. The lowest BCUT2D eigenvalue weighted by molar-refractivity contribution is 0.140. The molecule has 0 bridgehead atoms. The highest BCUT2D eigenvalue weighted by Gasteiger charge is 2.20. The van der Waals surface area contributed by atoms with Crippen LogP contribution in [0.15, 0.2) is 16.6 Å². The van der Waals surface area contributed by atoms with Gasteiger partial charge in [0.2, 0.25) is 0 Å². The minimum absolute atomic E-state index is 0.0911. The van der Waals surface area contributed by atoms with Gasteiger partial charge in [-0.3, -0.25) is 0 Å². The second-order valence-corrected chi connectivity index (χ2v) is 5.75. The zero-order chi connectivity index (χ0) is 12.3. The highest BCUT2D eigenvalue weighted by molar-refractivity contribution is 9.10. The van der Waals surface area contributed by atoms with Crippen LogP contribution in [0.2, 0.25) is 0 Å². The van der Waals surface area contributed by atoms with E-state index in [-0.39, 0.29) is 5.41 Å². The van der Waals surface area contributed by atoms with Gasteiger partial charge in [-0.05, 0) is 23.1 Å². The van der Waals surface area contributed by atoms with E-state index in [1.54, 1.807) is 0 Å². The van der Waals surface area contributed by atoms with Gasteiger partial charge in [0.1, 0.15) is 5.75 Å². The molecule has 0 aliphatic carbocycles. The molecule has 0 saturated heterocycles. The lowest BCUT2D eigenvalue weighted by Crippen LogP contribution is -2.13. The van der Waals surface area contributed by atoms with Crippen LogP contribution in [0.25, 0.3) is 0 Å². The summed E-state index contributed by atoms with van der Waals surface area (Å²) >= 11 is 3.45. The standard InChI is InChI=1S/C12H18BrNO2/c1-12(2,3)10-7-9(13)6-8(11(10)15)4-5-16-14/h6-7,15H,4-5,14H2,1-3H3. The number of phenolic OH excluding ortho intramolecular Hbond substituents is 1. The molecule has 90 valence electrons. The average Bonchev–Trinajstić information content (AvgIpc) is 2.17. The van der Waals surface area contributed by atoms with E-state index in [1.807, 2.05) is 12.1 Å². The van der Waals surface area contributed by atoms with Crippen molar-refractivity contribution in [3.05, 3.63) is 27.7 Å². The Kier molecular flexibility index (Phi) is 4.35. The number of benzene rings is 1. The molecule has 0 aliphatic heterocycles. The number of hydrogen-bond acceptors (Lipinski definition) is 3. The predicted octanol–water partition coefficient (Wildman–Crippen LogP) is 2.89. The summed E-state index contributed by atoms with van der Waals surface area (Å²) in [5, 5.41) is 10.2. The Morgan fingerprint density at radius 3 is 2.50 bits per heavy atom. The first-order chi connectivity index (χ1) is 7.36. The Hall–Kier alpha value is -0.580. The molecule has 3 nitrogen and oxygen atoms in total. The van der Waals surface area contributed by atoms with Crippen molar-refractivity contribution in [1.82, 2.24) is 0 Å². The molecule has 0 radical (unpaired) electrons. The molecule has 0 saturated carbocycles. The summed E-state index contributed by atoms with van der Waals surface area (Å²) < 4.78 is 0.960. The molecule has 16 heavy (non-hydrogen) atoms. The fourth-order valence-electron chi connectivity index (χ4n) is 1.59. The van der Waals surface area contributed by atoms with Crippen molar-refractivity contribution >= 4 is 15.9 Å². The van der Waals surface area contributed by atoms with Crippen LogP contribution in [0, 0.1) is 0 Å². The molecule has 1 aromatic carbocycles. The summed E-state index contributed by atoms with van der Waals surface area (Å²) in [4.78, 5) is 4.54. The smallest absolute Gasteiger partial charge is 0.122 e. The van der Waals surface area contributed by atoms with Crippen molar-refractivity contribution in [3.8, 4) is 5.75 Å². The molecule has 1 aromatic rings. The Balaban J connectivity index is 3.16. The zero-order valence-corrected chi connectivity index (χ0v) is 11.5. The molecule has 0 aliphatic rings. The Bertz CT molecular complexity index is 372. The van der Waals surface area contributed by atoms with Crippen LogP contribution in [0.5, 0.6) is 5.75 Å². The number of rotatable bonds is 3. The van der Waals surface area contributed by atoms with E-state index in [4.69, 9.17) is 5.90 Å². The summed E-state index contributed by atoms with van der Waals surface area (Å²) in [7, 11) is 0. The molecule has 0 aromatic heterocycles. The number of phenols is 1. The van der Waals surface area contributed by atoms with Crippen molar-refractivity contribution in [2.45, 2.75) is 32.6 Å². The molecule has 0 unspecified atom stereocenters. The summed E-state index contributed by atoms with van der Waals surface area (Å²) in [5.41, 5.74) is 1.69. The van der Waals surface area contributed by atoms with Crippen LogP contribution in [0.1, 0.15) is 31.9 Å². The minimum atomic E-state index is -0.0911. The maximum Gasteiger partial charge on any atom is 0.122 e. The van der Waals surface area contributed by atoms with E-state index >= 15 is 0 Å². The number of aromatic hydroxyl groups is 1. The quantitative estimate of drug-likeness (QED) is 0.841. The van der Waals surface area contributed by atoms with E-state index in [0.717, 1.165) is 15.6 Å². The van der Waals surface area contributed by atoms with E-state index in [1.165, 1.54) is 0 Å². The molecule has 1 rings (SSSR count). The van der Waals surface area contributed by atoms with Crippen molar-refractivity contribution in [2.75, 3.05) is 6.61 Å². The van der Waals surface area contributed by atoms with Gasteiger partial charge in [-0.1, -0.05) is 36.7 Å². The third-order valence-corrected chi connectivity index (χ3v) is 2.91. The van der Waals surface area contributed by atoms with Gasteiger partial charge < -0.3 is 9.94 Å². The molecule has 4 heteroatoms. The second kappa shape index (κ2) is 5.17. The van der Waals surface area contributed by atoms with Crippen LogP contribution < -0.4 is 5.90 Å². The van der Waals surface area contributed by atoms with Gasteiger partial charge in [0.25, 0.3) is 0 Å². The number of hydrogen-bond donors (Lipinski definition) is 2. The van der Waals surface area contributed by atoms with Crippen LogP contribution in [0.3, 0.4) is 0 Å². The van der Waals surface area contributed by atoms with E-state index in [9.17, 15) is 5.11 Å². The molecule has 0 fully saturated rings. The fourth-order valence-corrected chi connectivity index (χ4v) is 2.09. The summed E-state index contributed by atoms with van der Waals surface area (Å²) in [5.74, 6) is 5.34. The SMILES string of the molecule is CC(C)(C)c1cc(Br)cc(CCON)c1O. The van der Waals surface area contributed by atoms with E-state index in [2.05, 4.69) is 41.5 Å². The zero-order valence-electron chi connectivity index (χ0n) is 9.88. The third kappa shape index (κ3) is 3.20. The Morgan fingerprint density at radius 2 is 2.00 bits per heavy atom. The van der Waals surface area contributed by atoms with Gasteiger partial charge in [0.15, 0.2) is 0 Å². The highest BCUT2D eigenvalue weighted by atomic mass is 79.9. The maximum atomic E-state index is 10.2. The first-order valence-corrected chi connectivity index (χ1v) is 5.99. The topological polar surface area (TPSA) is 55.5 Å².